The van der Waals surface area contributed by atoms with Crippen LogP contribution in [0.2, 0.25) is 0 Å². The van der Waals surface area contributed by atoms with E-state index < -0.39 is 23.0 Å². The second-order valence-corrected chi connectivity index (χ2v) is 6.75. The number of ether oxygens (including phenoxy) is 1. The van der Waals surface area contributed by atoms with Crippen molar-refractivity contribution in [1.82, 2.24) is 9.44 Å². The molecule has 0 radical (unpaired) electrons. The Bertz CT molecular complexity index is 585. The summed E-state index contributed by atoms with van der Waals surface area (Å²) in [7, 11) is 1.81. The summed E-state index contributed by atoms with van der Waals surface area (Å²) in [5, 5.41) is 1.93. The lowest BCUT2D eigenvalue weighted by Gasteiger charge is -2.33. The fourth-order valence-electron chi connectivity index (χ4n) is 2.52. The highest BCUT2D eigenvalue weighted by Gasteiger charge is 2.36. The number of thiol groups is 1. The average molecular weight is 333 g/mol. The number of hydrogen-bond donors (Lipinski definition) is 3. The highest BCUT2D eigenvalue weighted by atomic mass is 32.2. The first kappa shape index (κ1) is 15.5. The van der Waals surface area contributed by atoms with Crippen LogP contribution in [0, 0.1) is 0 Å². The third kappa shape index (κ3) is 3.04. The number of halogens is 3. The minimum Gasteiger partial charge on any atom is -0.378 e. The monoisotopic (exact) mass is 333 g/mol. The molecule has 0 spiro atoms. The highest BCUT2D eigenvalue weighted by molar-refractivity contribution is 8.17. The van der Waals surface area contributed by atoms with Crippen LogP contribution in [0.25, 0.3) is 5.70 Å². The highest BCUT2D eigenvalue weighted by Crippen LogP contribution is 2.41. The van der Waals surface area contributed by atoms with Crippen molar-refractivity contribution in [3.63, 3.8) is 0 Å². The molecule has 1 fully saturated rings. The first-order valence-electron chi connectivity index (χ1n) is 6.98. The van der Waals surface area contributed by atoms with Gasteiger partial charge in [0.05, 0.1) is 24.5 Å². The molecule has 1 atom stereocenters. The largest absolute Gasteiger partial charge is 0.418 e. The first-order valence-corrected chi connectivity index (χ1v) is 8.39. The molecule has 1 unspecified atom stereocenters. The van der Waals surface area contributed by atoms with Crippen LogP contribution in [-0.2, 0) is 10.9 Å². The van der Waals surface area contributed by atoms with Gasteiger partial charge in [0, 0.05) is 24.2 Å². The van der Waals surface area contributed by atoms with Crippen molar-refractivity contribution in [2.45, 2.75) is 6.18 Å². The van der Waals surface area contributed by atoms with Crippen LogP contribution in [0.5, 0.6) is 0 Å². The van der Waals surface area contributed by atoms with E-state index in [2.05, 4.69) is 9.44 Å². The maximum Gasteiger partial charge on any atom is 0.418 e. The van der Waals surface area contributed by atoms with Crippen LogP contribution in [0.1, 0.15) is 11.1 Å². The molecular formula is C14H18F3N3OS. The Morgan fingerprint density at radius 3 is 2.55 bits per heavy atom. The van der Waals surface area contributed by atoms with Gasteiger partial charge in [-0.05, 0) is 24.7 Å². The standard InChI is InChI=1S/C14H18F3N3OS/c1-18-22-9-12(19-22)10-2-3-13(11(8-10)14(15,16)17)20-4-6-21-7-5-20/h2-3,8-9,18-19,22H,4-7H2,1H3. The second-order valence-electron chi connectivity index (χ2n) is 5.08. The predicted molar refractivity (Wildman–Crippen MR) is 83.6 cm³/mol. The summed E-state index contributed by atoms with van der Waals surface area (Å²) in [4.78, 5) is 1.74. The minimum atomic E-state index is -4.37. The van der Waals surface area contributed by atoms with Crippen LogP contribution in [0.3, 0.4) is 0 Å². The molecule has 8 heteroatoms. The van der Waals surface area contributed by atoms with Crippen LogP contribution in [-0.4, -0.2) is 33.4 Å². The number of benzene rings is 1. The van der Waals surface area contributed by atoms with Gasteiger partial charge in [0.1, 0.15) is 0 Å². The average Bonchev–Trinajstić information content (AvgIpc) is 2.46. The van der Waals surface area contributed by atoms with Gasteiger partial charge in [-0.15, -0.1) is 11.3 Å². The molecule has 1 aromatic carbocycles. The van der Waals surface area contributed by atoms with Crippen molar-refractivity contribution < 1.29 is 17.9 Å². The summed E-state index contributed by atoms with van der Waals surface area (Å²) in [5.74, 6) is 0. The Morgan fingerprint density at radius 1 is 1.27 bits per heavy atom. The zero-order valence-electron chi connectivity index (χ0n) is 12.1. The van der Waals surface area contributed by atoms with Crippen LogP contribution < -0.4 is 14.3 Å². The molecule has 2 aliphatic heterocycles. The summed E-state index contributed by atoms with van der Waals surface area (Å²) in [6.45, 7) is 1.87. The maximum atomic E-state index is 13.4. The second kappa shape index (κ2) is 6.02. The van der Waals surface area contributed by atoms with Crippen LogP contribution in [0.4, 0.5) is 18.9 Å². The number of morpholine rings is 1. The van der Waals surface area contributed by atoms with Gasteiger partial charge in [0.2, 0.25) is 0 Å². The van der Waals surface area contributed by atoms with Gasteiger partial charge in [-0.1, -0.05) is 6.07 Å². The van der Waals surface area contributed by atoms with Gasteiger partial charge in [-0.2, -0.15) is 13.2 Å². The van der Waals surface area contributed by atoms with E-state index in [-0.39, 0.29) is 5.69 Å². The number of nitrogens with zero attached hydrogens (tertiary/aromatic N) is 1. The summed E-state index contributed by atoms with van der Waals surface area (Å²) in [6, 6.07) is 4.53. The van der Waals surface area contributed by atoms with E-state index >= 15 is 0 Å². The SMILES string of the molecule is CN[SH]1C=C(c2ccc(N3CCOCC3)c(C(F)(F)F)c2)N1. The molecule has 2 heterocycles. The Hall–Kier alpha value is -1.38. The van der Waals surface area contributed by atoms with Gasteiger partial charge < -0.3 is 14.4 Å². The first-order chi connectivity index (χ1) is 10.5. The quantitative estimate of drug-likeness (QED) is 0.743. The zero-order valence-corrected chi connectivity index (χ0v) is 13.0. The molecule has 0 saturated carbocycles. The lowest BCUT2D eigenvalue weighted by Crippen LogP contribution is -2.37. The molecular weight excluding hydrogens is 315 g/mol. The molecule has 22 heavy (non-hydrogen) atoms. The smallest absolute Gasteiger partial charge is 0.378 e. The van der Waals surface area contributed by atoms with Crippen molar-refractivity contribution in [2.24, 2.45) is 0 Å². The van der Waals surface area contributed by atoms with Crippen molar-refractivity contribution in [2.75, 3.05) is 38.3 Å². The number of nitrogens with one attached hydrogen (secondary N) is 2. The summed E-state index contributed by atoms with van der Waals surface area (Å²) >= 11 is -0.586. The van der Waals surface area contributed by atoms with Crippen molar-refractivity contribution in [3.8, 4) is 0 Å². The fourth-order valence-corrected chi connectivity index (χ4v) is 3.55. The molecule has 3 rings (SSSR count). The normalized spacial score (nSPS) is 23.5. The Labute approximate surface area is 129 Å². The van der Waals surface area contributed by atoms with E-state index in [4.69, 9.17) is 4.74 Å². The van der Waals surface area contributed by atoms with Crippen LogP contribution in [0.15, 0.2) is 23.6 Å². The zero-order chi connectivity index (χ0) is 15.7. The van der Waals surface area contributed by atoms with Gasteiger partial charge >= 0.3 is 6.18 Å². The van der Waals surface area contributed by atoms with Crippen molar-refractivity contribution >= 4 is 22.7 Å². The van der Waals surface area contributed by atoms with Gasteiger partial charge in [-0.25, -0.2) is 0 Å². The van der Waals surface area contributed by atoms with E-state index in [1.807, 2.05) is 12.5 Å². The van der Waals surface area contributed by atoms with E-state index in [0.717, 1.165) is 5.70 Å². The third-order valence-corrected chi connectivity index (χ3v) is 5.18. The number of alkyl halides is 3. The molecule has 0 bridgehead atoms. The van der Waals surface area contributed by atoms with Gasteiger partial charge in [0.25, 0.3) is 0 Å². The van der Waals surface area contributed by atoms with Crippen molar-refractivity contribution in [3.05, 3.63) is 34.7 Å². The Morgan fingerprint density at radius 2 is 1.95 bits per heavy atom. The fraction of sp³-hybridized carbons (Fsp3) is 0.429. The molecule has 1 saturated heterocycles. The van der Waals surface area contributed by atoms with E-state index in [0.29, 0.717) is 31.9 Å². The molecule has 0 amide bonds. The molecule has 0 aliphatic carbocycles. The van der Waals surface area contributed by atoms with E-state index in [9.17, 15) is 13.2 Å². The lowest BCUT2D eigenvalue weighted by atomic mass is 10.0. The summed E-state index contributed by atoms with van der Waals surface area (Å²) in [6.07, 6.45) is -4.37. The lowest BCUT2D eigenvalue weighted by molar-refractivity contribution is -0.137. The number of hydrogen-bond acceptors (Lipinski definition) is 4. The third-order valence-electron chi connectivity index (χ3n) is 3.70. The van der Waals surface area contributed by atoms with Crippen molar-refractivity contribution in [1.29, 1.82) is 0 Å². The maximum absolute atomic E-state index is 13.4. The number of rotatable bonds is 3. The molecule has 4 nitrogen and oxygen atoms in total. The summed E-state index contributed by atoms with van der Waals surface area (Å²) in [5.41, 5.74) is 0.962. The Balaban J connectivity index is 1.94. The Kier molecular flexibility index (Phi) is 4.24. The molecule has 2 N–H and O–H groups in total. The molecule has 2 aliphatic rings. The van der Waals surface area contributed by atoms with Gasteiger partial charge in [0.15, 0.2) is 0 Å². The molecule has 1 aromatic rings. The number of anilines is 1. The molecule has 0 aromatic heterocycles. The minimum absolute atomic E-state index is 0.232. The topological polar surface area (TPSA) is 36.5 Å². The van der Waals surface area contributed by atoms with Gasteiger partial charge in [-0.3, -0.25) is 4.72 Å². The predicted octanol–water partition coefficient (Wildman–Crippen LogP) is 2.49. The van der Waals surface area contributed by atoms with E-state index in [1.165, 1.54) is 6.07 Å². The van der Waals surface area contributed by atoms with E-state index in [1.54, 1.807) is 17.0 Å². The van der Waals surface area contributed by atoms with Crippen LogP contribution >= 0.6 is 11.3 Å². The summed E-state index contributed by atoms with van der Waals surface area (Å²) < 4.78 is 51.6. The molecule has 122 valence electrons.